The summed E-state index contributed by atoms with van der Waals surface area (Å²) in [5, 5.41) is 3.21. The van der Waals surface area contributed by atoms with Gasteiger partial charge in [-0.1, -0.05) is 13.8 Å². The predicted octanol–water partition coefficient (Wildman–Crippen LogP) is 2.53. The number of hydrogen-bond acceptors (Lipinski definition) is 5. The number of ether oxygens (including phenoxy) is 2. The van der Waals surface area contributed by atoms with Gasteiger partial charge in [-0.2, -0.15) is 0 Å². The molecule has 3 N–H and O–H groups in total. The third-order valence-electron chi connectivity index (χ3n) is 2.68. The second-order valence-corrected chi connectivity index (χ2v) is 5.05. The number of methoxy groups -OCH3 is 1. The highest BCUT2D eigenvalue weighted by Gasteiger charge is 2.11. The lowest BCUT2D eigenvalue weighted by Gasteiger charge is -2.12. The molecule has 0 atom stereocenters. The van der Waals surface area contributed by atoms with Gasteiger partial charge in [-0.05, 0) is 30.5 Å². The summed E-state index contributed by atoms with van der Waals surface area (Å²) in [6.07, 6.45) is 0.873. The van der Waals surface area contributed by atoms with Gasteiger partial charge in [0.25, 0.3) is 0 Å². The van der Waals surface area contributed by atoms with Gasteiger partial charge in [0, 0.05) is 31.1 Å². The Bertz CT molecular complexity index is 433. The lowest BCUT2D eigenvalue weighted by Crippen LogP contribution is -2.12. The van der Waals surface area contributed by atoms with E-state index in [0.717, 1.165) is 25.3 Å². The molecule has 0 unspecified atom stereocenters. The molecule has 112 valence electrons. The molecule has 0 aliphatic rings. The third kappa shape index (κ3) is 5.48. The average Bonchev–Trinajstić information content (AvgIpc) is 2.42. The van der Waals surface area contributed by atoms with Crippen molar-refractivity contribution in [3.05, 3.63) is 23.8 Å². The Hall–Kier alpha value is -1.75. The minimum absolute atomic E-state index is 0.393. The fourth-order valence-electron chi connectivity index (χ4n) is 1.71. The van der Waals surface area contributed by atoms with Crippen LogP contribution in [-0.4, -0.2) is 32.8 Å². The zero-order chi connectivity index (χ0) is 15.0. The topological polar surface area (TPSA) is 73.6 Å². The molecular weight excluding hydrogens is 256 g/mol. The molecule has 1 aromatic carbocycles. The van der Waals surface area contributed by atoms with Crippen molar-refractivity contribution in [2.75, 3.05) is 37.9 Å². The second kappa shape index (κ2) is 8.43. The fourth-order valence-corrected chi connectivity index (χ4v) is 1.71. The molecule has 0 radical (unpaired) electrons. The van der Waals surface area contributed by atoms with E-state index >= 15 is 0 Å². The van der Waals surface area contributed by atoms with Gasteiger partial charge in [-0.15, -0.1) is 0 Å². The zero-order valence-electron chi connectivity index (χ0n) is 12.4. The number of rotatable bonds is 8. The molecule has 5 heteroatoms. The van der Waals surface area contributed by atoms with Crippen molar-refractivity contribution in [3.63, 3.8) is 0 Å². The summed E-state index contributed by atoms with van der Waals surface area (Å²) in [5.74, 6) is 0.154. The highest BCUT2D eigenvalue weighted by Crippen LogP contribution is 2.19. The molecule has 0 aliphatic heterocycles. The van der Waals surface area contributed by atoms with Crippen LogP contribution in [0.25, 0.3) is 0 Å². The van der Waals surface area contributed by atoms with Crippen LogP contribution in [0.4, 0.5) is 11.4 Å². The first kappa shape index (κ1) is 16.3. The van der Waals surface area contributed by atoms with Crippen LogP contribution >= 0.6 is 0 Å². The Morgan fingerprint density at radius 2 is 2.15 bits per heavy atom. The molecule has 0 heterocycles. The lowest BCUT2D eigenvalue weighted by atomic mass is 10.1. The largest absolute Gasteiger partial charge is 0.465 e. The van der Waals surface area contributed by atoms with E-state index < -0.39 is 5.97 Å². The van der Waals surface area contributed by atoms with Gasteiger partial charge in [0.15, 0.2) is 0 Å². The SMILES string of the molecule is COC(=O)c1cc(N)ccc1NCCCOCC(C)C. The van der Waals surface area contributed by atoms with E-state index in [-0.39, 0.29) is 0 Å². The predicted molar refractivity (Wildman–Crippen MR) is 81.0 cm³/mol. The van der Waals surface area contributed by atoms with Crippen LogP contribution in [-0.2, 0) is 9.47 Å². The number of esters is 1. The molecule has 0 spiro atoms. The van der Waals surface area contributed by atoms with Gasteiger partial charge >= 0.3 is 5.97 Å². The monoisotopic (exact) mass is 280 g/mol. The Morgan fingerprint density at radius 1 is 1.40 bits per heavy atom. The molecule has 1 aromatic rings. The van der Waals surface area contributed by atoms with Crippen molar-refractivity contribution in [1.29, 1.82) is 0 Å². The van der Waals surface area contributed by atoms with Crippen molar-refractivity contribution in [3.8, 4) is 0 Å². The van der Waals surface area contributed by atoms with Crippen molar-refractivity contribution in [2.45, 2.75) is 20.3 Å². The van der Waals surface area contributed by atoms with E-state index in [1.54, 1.807) is 18.2 Å². The molecule has 1 rings (SSSR count). The first-order valence-electron chi connectivity index (χ1n) is 6.84. The van der Waals surface area contributed by atoms with Crippen molar-refractivity contribution < 1.29 is 14.3 Å². The number of hydrogen-bond donors (Lipinski definition) is 2. The molecule has 0 saturated carbocycles. The van der Waals surface area contributed by atoms with E-state index in [2.05, 4.69) is 19.2 Å². The standard InChI is InChI=1S/C15H24N2O3/c1-11(2)10-20-8-4-7-17-14-6-5-12(16)9-13(14)15(18)19-3/h5-6,9,11,17H,4,7-8,10,16H2,1-3H3. The van der Waals surface area contributed by atoms with E-state index in [9.17, 15) is 4.79 Å². The maximum absolute atomic E-state index is 11.7. The number of nitrogens with two attached hydrogens (primary N) is 1. The Kier molecular flexibility index (Phi) is 6.87. The molecule has 20 heavy (non-hydrogen) atoms. The first-order valence-corrected chi connectivity index (χ1v) is 6.84. The molecule has 5 nitrogen and oxygen atoms in total. The van der Waals surface area contributed by atoms with Crippen LogP contribution < -0.4 is 11.1 Å². The van der Waals surface area contributed by atoms with Crippen LogP contribution in [0.5, 0.6) is 0 Å². The Morgan fingerprint density at radius 3 is 2.80 bits per heavy atom. The van der Waals surface area contributed by atoms with Gasteiger partial charge in [0.1, 0.15) is 0 Å². The number of nitrogens with one attached hydrogen (secondary N) is 1. The molecule has 0 saturated heterocycles. The Labute approximate surface area is 120 Å². The summed E-state index contributed by atoms with van der Waals surface area (Å²) in [4.78, 5) is 11.7. The van der Waals surface area contributed by atoms with Crippen LogP contribution in [0, 0.1) is 5.92 Å². The van der Waals surface area contributed by atoms with Gasteiger partial charge in [0.2, 0.25) is 0 Å². The normalized spacial score (nSPS) is 10.6. The van der Waals surface area contributed by atoms with Crippen LogP contribution in [0.3, 0.4) is 0 Å². The quantitative estimate of drug-likeness (QED) is 0.435. The van der Waals surface area contributed by atoms with Crippen molar-refractivity contribution in [2.24, 2.45) is 5.92 Å². The van der Waals surface area contributed by atoms with Gasteiger partial charge in [-0.25, -0.2) is 4.79 Å². The fraction of sp³-hybridized carbons (Fsp3) is 0.533. The highest BCUT2D eigenvalue weighted by molar-refractivity contribution is 5.96. The maximum atomic E-state index is 11.7. The average molecular weight is 280 g/mol. The van der Waals surface area contributed by atoms with E-state index in [1.165, 1.54) is 7.11 Å². The molecule has 0 aromatic heterocycles. The Balaban J connectivity index is 2.45. The highest BCUT2D eigenvalue weighted by atomic mass is 16.5. The zero-order valence-corrected chi connectivity index (χ0v) is 12.4. The van der Waals surface area contributed by atoms with Crippen LogP contribution in [0.15, 0.2) is 18.2 Å². The molecule has 0 fully saturated rings. The van der Waals surface area contributed by atoms with Crippen molar-refractivity contribution in [1.82, 2.24) is 0 Å². The number of carbonyl (C=O) groups is 1. The summed E-state index contributed by atoms with van der Waals surface area (Å²) >= 11 is 0. The summed E-state index contributed by atoms with van der Waals surface area (Å²) in [5.41, 5.74) is 7.41. The number of benzene rings is 1. The first-order chi connectivity index (χ1) is 9.54. The minimum Gasteiger partial charge on any atom is -0.465 e. The lowest BCUT2D eigenvalue weighted by molar-refractivity contribution is 0.0602. The van der Waals surface area contributed by atoms with Crippen molar-refractivity contribution >= 4 is 17.3 Å². The van der Waals surface area contributed by atoms with E-state index in [4.69, 9.17) is 15.2 Å². The van der Waals surface area contributed by atoms with E-state index in [1.807, 2.05) is 0 Å². The maximum Gasteiger partial charge on any atom is 0.340 e. The number of anilines is 2. The molecule has 0 bridgehead atoms. The third-order valence-corrected chi connectivity index (χ3v) is 2.68. The summed E-state index contributed by atoms with van der Waals surface area (Å²) in [6, 6.07) is 5.16. The van der Waals surface area contributed by atoms with Crippen LogP contribution in [0.2, 0.25) is 0 Å². The number of carbonyl (C=O) groups excluding carboxylic acids is 1. The van der Waals surface area contributed by atoms with Crippen LogP contribution in [0.1, 0.15) is 30.6 Å². The van der Waals surface area contributed by atoms with E-state index in [0.29, 0.717) is 23.8 Å². The van der Waals surface area contributed by atoms with Gasteiger partial charge < -0.3 is 20.5 Å². The molecule has 0 aliphatic carbocycles. The number of nitrogen functional groups attached to an aromatic ring is 1. The molecule has 0 amide bonds. The minimum atomic E-state index is -0.393. The summed E-state index contributed by atoms with van der Waals surface area (Å²) in [7, 11) is 1.36. The second-order valence-electron chi connectivity index (χ2n) is 5.05. The van der Waals surface area contributed by atoms with Gasteiger partial charge in [0.05, 0.1) is 12.7 Å². The van der Waals surface area contributed by atoms with Gasteiger partial charge in [-0.3, -0.25) is 0 Å². The molecular formula is C15H24N2O3. The summed E-state index contributed by atoms with van der Waals surface area (Å²) < 4.78 is 10.2. The summed E-state index contributed by atoms with van der Waals surface area (Å²) in [6.45, 7) is 6.44. The smallest absolute Gasteiger partial charge is 0.340 e.